The largest absolute Gasteiger partial charge is 0.493 e. The van der Waals surface area contributed by atoms with Crippen LogP contribution in [0.5, 0.6) is 5.75 Å². The summed E-state index contributed by atoms with van der Waals surface area (Å²) >= 11 is 9.62. The number of benzene rings is 1. The molecule has 0 spiro atoms. The van der Waals surface area contributed by atoms with Crippen LogP contribution in [-0.2, 0) is 17.7 Å². The Hall–Kier alpha value is -0.290. The van der Waals surface area contributed by atoms with E-state index in [2.05, 4.69) is 33.0 Å². The van der Waals surface area contributed by atoms with Crippen LogP contribution in [-0.4, -0.2) is 43.2 Å². The van der Waals surface area contributed by atoms with Crippen molar-refractivity contribution in [3.05, 3.63) is 27.7 Å². The van der Waals surface area contributed by atoms with Crippen molar-refractivity contribution in [2.24, 2.45) is 0 Å². The van der Waals surface area contributed by atoms with Gasteiger partial charge in [-0.25, -0.2) is 0 Å². The van der Waals surface area contributed by atoms with Crippen LogP contribution in [0.25, 0.3) is 0 Å². The number of fused-ring (bicyclic) bond motifs is 1. The highest BCUT2D eigenvalue weighted by Gasteiger charge is 2.25. The highest BCUT2D eigenvalue weighted by atomic mass is 79.9. The van der Waals surface area contributed by atoms with Crippen LogP contribution in [0.2, 0.25) is 0 Å². The number of hydrogen-bond donors (Lipinski definition) is 0. The first kappa shape index (κ1) is 13.7. The zero-order valence-corrected chi connectivity index (χ0v) is 13.0. The topological polar surface area (TPSA) is 21.7 Å². The maximum atomic E-state index is 6.03. The predicted octanol–water partition coefficient (Wildman–Crippen LogP) is 2.82. The lowest BCUT2D eigenvalue weighted by Gasteiger charge is -2.34. The molecule has 0 amide bonds. The maximum Gasteiger partial charge on any atom is 0.127 e. The van der Waals surface area contributed by atoms with Crippen molar-refractivity contribution in [1.29, 1.82) is 0 Å². The predicted molar refractivity (Wildman–Crippen MR) is 79.1 cm³/mol. The summed E-state index contributed by atoms with van der Waals surface area (Å²) in [5, 5.41) is 0. The van der Waals surface area contributed by atoms with Crippen molar-refractivity contribution in [2.75, 3.05) is 32.2 Å². The Morgan fingerprint density at radius 1 is 1.37 bits per heavy atom. The first-order valence-electron chi connectivity index (χ1n) is 6.60. The van der Waals surface area contributed by atoms with Gasteiger partial charge in [-0.1, -0.05) is 15.9 Å². The molecule has 1 atom stereocenters. The second kappa shape index (κ2) is 6.00. The monoisotopic (exact) mass is 345 g/mol. The average Bonchev–Trinajstić information content (AvgIpc) is 2.87. The minimum absolute atomic E-state index is 0.298. The zero-order chi connectivity index (χ0) is 13.2. The maximum absolute atomic E-state index is 6.03. The fourth-order valence-electron chi connectivity index (χ4n) is 2.72. The molecule has 19 heavy (non-hydrogen) atoms. The number of alkyl halides is 1. The molecule has 104 valence electrons. The summed E-state index contributed by atoms with van der Waals surface area (Å²) in [5.41, 5.74) is 2.55. The van der Waals surface area contributed by atoms with Crippen molar-refractivity contribution in [2.45, 2.75) is 19.0 Å². The van der Waals surface area contributed by atoms with Crippen LogP contribution in [0.3, 0.4) is 0 Å². The van der Waals surface area contributed by atoms with Gasteiger partial charge in [-0.3, -0.25) is 4.90 Å². The van der Waals surface area contributed by atoms with Gasteiger partial charge in [0, 0.05) is 41.5 Å². The van der Waals surface area contributed by atoms with Crippen molar-refractivity contribution in [1.82, 2.24) is 4.90 Å². The Balaban J connectivity index is 1.82. The molecular weight excluding hydrogens is 330 g/mol. The first-order valence-corrected chi connectivity index (χ1v) is 7.92. The van der Waals surface area contributed by atoms with Crippen molar-refractivity contribution in [3.8, 4) is 5.75 Å². The van der Waals surface area contributed by atoms with Gasteiger partial charge in [-0.05, 0) is 17.7 Å². The molecular formula is C14H17BrClNO2. The number of rotatable bonds is 3. The summed E-state index contributed by atoms with van der Waals surface area (Å²) in [6.45, 7) is 4.10. The van der Waals surface area contributed by atoms with Gasteiger partial charge in [-0.2, -0.15) is 0 Å². The third-order valence-electron chi connectivity index (χ3n) is 3.73. The second-order valence-corrected chi connectivity index (χ2v) is 6.23. The summed E-state index contributed by atoms with van der Waals surface area (Å²) in [5.74, 6) is 1.68. The minimum Gasteiger partial charge on any atom is -0.493 e. The highest BCUT2D eigenvalue weighted by Crippen LogP contribution is 2.34. The fraction of sp³-hybridized carbons (Fsp3) is 0.571. The Morgan fingerprint density at radius 3 is 3.11 bits per heavy atom. The van der Waals surface area contributed by atoms with Crippen LogP contribution >= 0.6 is 27.5 Å². The quantitative estimate of drug-likeness (QED) is 0.786. The number of halogens is 2. The fourth-order valence-corrected chi connectivity index (χ4v) is 3.56. The van der Waals surface area contributed by atoms with E-state index in [0.29, 0.717) is 11.9 Å². The molecule has 2 aliphatic rings. The molecule has 1 aromatic rings. The molecule has 0 radical (unpaired) electrons. The van der Waals surface area contributed by atoms with Crippen molar-refractivity contribution >= 4 is 27.5 Å². The van der Waals surface area contributed by atoms with E-state index in [1.54, 1.807) is 0 Å². The van der Waals surface area contributed by atoms with Crippen LogP contribution < -0.4 is 4.74 Å². The minimum atomic E-state index is 0.298. The Kier molecular flexibility index (Phi) is 4.32. The normalized spacial score (nSPS) is 23.2. The zero-order valence-electron chi connectivity index (χ0n) is 10.7. The number of ether oxygens (including phenoxy) is 2. The third kappa shape index (κ3) is 2.92. The van der Waals surface area contributed by atoms with E-state index in [1.165, 1.54) is 11.1 Å². The van der Waals surface area contributed by atoms with Gasteiger partial charge in [-0.15, -0.1) is 11.6 Å². The molecule has 0 bridgehead atoms. The van der Waals surface area contributed by atoms with Crippen LogP contribution in [0.4, 0.5) is 0 Å². The molecule has 2 heterocycles. The summed E-state index contributed by atoms with van der Waals surface area (Å²) < 4.78 is 12.4. The molecule has 1 saturated heterocycles. The third-order valence-corrected chi connectivity index (χ3v) is 4.54. The smallest absolute Gasteiger partial charge is 0.127 e. The van der Waals surface area contributed by atoms with Crippen LogP contribution in [0.15, 0.2) is 16.6 Å². The van der Waals surface area contributed by atoms with E-state index in [4.69, 9.17) is 21.1 Å². The number of morpholine rings is 1. The van der Waals surface area contributed by atoms with Crippen molar-refractivity contribution < 1.29 is 9.47 Å². The van der Waals surface area contributed by atoms with Gasteiger partial charge in [0.05, 0.1) is 19.8 Å². The van der Waals surface area contributed by atoms with Gasteiger partial charge in [0.1, 0.15) is 5.75 Å². The van der Waals surface area contributed by atoms with E-state index >= 15 is 0 Å². The molecule has 0 saturated carbocycles. The van der Waals surface area contributed by atoms with Gasteiger partial charge in [0.2, 0.25) is 0 Å². The van der Waals surface area contributed by atoms with Gasteiger partial charge < -0.3 is 9.47 Å². The SMILES string of the molecule is ClCC1COCCN1Cc1cc(Br)cc2c1OCC2. The van der Waals surface area contributed by atoms with Crippen LogP contribution in [0.1, 0.15) is 11.1 Å². The molecule has 0 aromatic heterocycles. The lowest BCUT2D eigenvalue weighted by molar-refractivity contribution is -0.00332. The summed E-state index contributed by atoms with van der Waals surface area (Å²) in [6.07, 6.45) is 1.00. The van der Waals surface area contributed by atoms with E-state index in [1.807, 2.05) is 0 Å². The molecule has 2 aliphatic heterocycles. The molecule has 1 fully saturated rings. The average molecular weight is 347 g/mol. The van der Waals surface area contributed by atoms with E-state index < -0.39 is 0 Å². The molecule has 3 nitrogen and oxygen atoms in total. The Labute approximate surface area is 126 Å². The number of nitrogens with zero attached hydrogens (tertiary/aromatic N) is 1. The van der Waals surface area contributed by atoms with Gasteiger partial charge in [0.25, 0.3) is 0 Å². The van der Waals surface area contributed by atoms with E-state index in [-0.39, 0.29) is 0 Å². The molecule has 1 unspecified atom stereocenters. The summed E-state index contributed by atoms with van der Waals surface area (Å²) in [4.78, 5) is 2.39. The molecule has 0 N–H and O–H groups in total. The van der Waals surface area contributed by atoms with E-state index in [9.17, 15) is 0 Å². The lowest BCUT2D eigenvalue weighted by atomic mass is 10.1. The lowest BCUT2D eigenvalue weighted by Crippen LogP contribution is -2.45. The standard InChI is InChI=1S/C14H17BrClNO2/c15-12-5-10-1-3-19-14(10)11(6-12)8-17-2-4-18-9-13(17)7-16/h5-6,13H,1-4,7-9H2. The second-order valence-electron chi connectivity index (χ2n) is 5.01. The Morgan fingerprint density at radius 2 is 2.26 bits per heavy atom. The molecule has 1 aromatic carbocycles. The Bertz CT molecular complexity index is 469. The highest BCUT2D eigenvalue weighted by molar-refractivity contribution is 9.10. The molecule has 5 heteroatoms. The first-order chi connectivity index (χ1) is 9.28. The summed E-state index contributed by atoms with van der Waals surface area (Å²) in [6, 6.07) is 4.61. The van der Waals surface area contributed by atoms with Gasteiger partial charge in [0.15, 0.2) is 0 Å². The van der Waals surface area contributed by atoms with Crippen molar-refractivity contribution in [3.63, 3.8) is 0 Å². The van der Waals surface area contributed by atoms with Crippen LogP contribution in [0, 0.1) is 0 Å². The molecule has 0 aliphatic carbocycles. The van der Waals surface area contributed by atoms with E-state index in [0.717, 1.165) is 49.6 Å². The van der Waals surface area contributed by atoms with Gasteiger partial charge >= 0.3 is 0 Å². The molecule has 3 rings (SSSR count). The summed E-state index contributed by atoms with van der Waals surface area (Å²) in [7, 11) is 0. The number of hydrogen-bond acceptors (Lipinski definition) is 3.